The summed E-state index contributed by atoms with van der Waals surface area (Å²) in [6, 6.07) is 1.46. The molecule has 1 aliphatic carbocycles. The number of nitrogens with one attached hydrogen (secondary N) is 1. The molecule has 0 unspecified atom stereocenters. The van der Waals surface area contributed by atoms with Crippen LogP contribution in [-0.2, 0) is 10.0 Å². The molecule has 0 bridgehead atoms. The van der Waals surface area contributed by atoms with Crippen LogP contribution in [0.4, 0.5) is 0 Å². The van der Waals surface area contributed by atoms with E-state index in [1.54, 1.807) is 0 Å². The van der Waals surface area contributed by atoms with Crippen LogP contribution in [-0.4, -0.2) is 19.4 Å². The molecule has 1 fully saturated rings. The third kappa shape index (κ3) is 4.44. The van der Waals surface area contributed by atoms with Gasteiger partial charge in [0.05, 0.1) is 5.02 Å². The van der Waals surface area contributed by atoms with E-state index in [1.807, 2.05) is 0 Å². The smallest absolute Gasteiger partial charge is 0.242 e. The van der Waals surface area contributed by atoms with Gasteiger partial charge in [0.2, 0.25) is 10.0 Å². The molecule has 1 heterocycles. The van der Waals surface area contributed by atoms with Gasteiger partial charge in [0, 0.05) is 18.4 Å². The molecule has 1 saturated carbocycles. The molecule has 0 aromatic carbocycles. The number of sulfonamides is 1. The van der Waals surface area contributed by atoms with Gasteiger partial charge in [0.15, 0.2) is 0 Å². The van der Waals surface area contributed by atoms with E-state index in [0.29, 0.717) is 5.02 Å². The van der Waals surface area contributed by atoms with Crippen LogP contribution in [0.2, 0.25) is 5.02 Å². The first-order valence-corrected chi connectivity index (χ1v) is 8.57. The SMILES string of the molecule is O=S(=O)(NC1CCCCCCC1)c1cncc(Cl)c1. The van der Waals surface area contributed by atoms with Crippen LogP contribution in [0.15, 0.2) is 23.4 Å². The van der Waals surface area contributed by atoms with Crippen LogP contribution in [0.3, 0.4) is 0 Å². The lowest BCUT2D eigenvalue weighted by molar-refractivity contribution is 0.426. The Morgan fingerprint density at radius 2 is 1.74 bits per heavy atom. The zero-order valence-electron chi connectivity index (χ0n) is 10.8. The Morgan fingerprint density at radius 3 is 2.37 bits per heavy atom. The Labute approximate surface area is 119 Å². The van der Waals surface area contributed by atoms with Crippen molar-refractivity contribution >= 4 is 21.6 Å². The molecular weight excluding hydrogens is 284 g/mol. The Morgan fingerprint density at radius 1 is 1.11 bits per heavy atom. The maximum Gasteiger partial charge on any atom is 0.242 e. The first kappa shape index (κ1) is 14.8. The summed E-state index contributed by atoms with van der Waals surface area (Å²) in [4.78, 5) is 3.97. The summed E-state index contributed by atoms with van der Waals surface area (Å²) >= 11 is 5.79. The third-order valence-corrected chi connectivity index (χ3v) is 5.11. The zero-order chi connectivity index (χ0) is 13.7. The van der Waals surface area contributed by atoms with E-state index in [-0.39, 0.29) is 10.9 Å². The number of rotatable bonds is 3. The van der Waals surface area contributed by atoms with Gasteiger partial charge in [-0.25, -0.2) is 13.1 Å². The highest BCUT2D eigenvalue weighted by Gasteiger charge is 2.21. The lowest BCUT2D eigenvalue weighted by atomic mass is 9.97. The van der Waals surface area contributed by atoms with Gasteiger partial charge in [-0.2, -0.15) is 0 Å². The maximum absolute atomic E-state index is 12.2. The first-order valence-electron chi connectivity index (χ1n) is 6.71. The van der Waals surface area contributed by atoms with Crippen molar-refractivity contribution in [2.45, 2.75) is 55.9 Å². The van der Waals surface area contributed by atoms with Gasteiger partial charge in [-0.15, -0.1) is 0 Å². The van der Waals surface area contributed by atoms with Crippen LogP contribution < -0.4 is 4.72 Å². The highest BCUT2D eigenvalue weighted by atomic mass is 35.5. The summed E-state index contributed by atoms with van der Waals surface area (Å²) in [6.07, 6.45) is 10.4. The van der Waals surface area contributed by atoms with Gasteiger partial charge in [-0.05, 0) is 18.9 Å². The molecule has 6 heteroatoms. The standard InChI is InChI=1S/C13H19ClN2O2S/c14-11-8-13(10-15-9-11)19(17,18)16-12-6-4-2-1-3-5-7-12/h8-10,12,16H,1-7H2. The van der Waals surface area contributed by atoms with E-state index >= 15 is 0 Å². The minimum atomic E-state index is -3.51. The molecule has 0 saturated heterocycles. The number of halogens is 1. The van der Waals surface area contributed by atoms with E-state index < -0.39 is 10.0 Å². The molecule has 106 valence electrons. The lowest BCUT2D eigenvalue weighted by Gasteiger charge is -2.20. The number of hydrogen-bond acceptors (Lipinski definition) is 3. The zero-order valence-corrected chi connectivity index (χ0v) is 12.4. The van der Waals surface area contributed by atoms with Crippen LogP contribution in [0.5, 0.6) is 0 Å². The highest BCUT2D eigenvalue weighted by Crippen LogP contribution is 2.20. The van der Waals surface area contributed by atoms with Crippen LogP contribution in [0, 0.1) is 0 Å². The third-order valence-electron chi connectivity index (χ3n) is 3.42. The normalized spacial score (nSPS) is 18.8. The van der Waals surface area contributed by atoms with Crippen LogP contribution >= 0.6 is 11.6 Å². The molecular formula is C13H19ClN2O2S. The molecule has 0 atom stereocenters. The quantitative estimate of drug-likeness (QED) is 0.933. The Kier molecular flexibility index (Phi) is 5.19. The average molecular weight is 303 g/mol. The predicted octanol–water partition coefficient (Wildman–Crippen LogP) is 3.13. The summed E-state index contributed by atoms with van der Waals surface area (Å²) in [5.41, 5.74) is 0. The second kappa shape index (κ2) is 6.68. The molecule has 0 radical (unpaired) electrons. The van der Waals surface area contributed by atoms with Crippen molar-refractivity contribution in [1.29, 1.82) is 0 Å². The number of hydrogen-bond donors (Lipinski definition) is 1. The Bertz CT molecular complexity index is 511. The van der Waals surface area contributed by atoms with E-state index in [0.717, 1.165) is 25.7 Å². The average Bonchev–Trinajstić information content (AvgIpc) is 2.32. The molecule has 1 aromatic heterocycles. The maximum atomic E-state index is 12.2. The second-order valence-corrected chi connectivity index (χ2v) is 7.15. The summed E-state index contributed by atoms with van der Waals surface area (Å²) in [6.45, 7) is 0. The highest BCUT2D eigenvalue weighted by molar-refractivity contribution is 7.89. The summed E-state index contributed by atoms with van der Waals surface area (Å²) in [5, 5.41) is 0.334. The van der Waals surface area contributed by atoms with Crippen molar-refractivity contribution < 1.29 is 8.42 Å². The topological polar surface area (TPSA) is 59.1 Å². The van der Waals surface area contributed by atoms with Crippen LogP contribution in [0.1, 0.15) is 44.9 Å². The molecule has 0 spiro atoms. The number of pyridine rings is 1. The van der Waals surface area contributed by atoms with Gasteiger partial charge in [-0.1, -0.05) is 43.7 Å². The van der Waals surface area contributed by atoms with E-state index in [9.17, 15) is 8.42 Å². The fourth-order valence-electron chi connectivity index (χ4n) is 2.40. The predicted molar refractivity (Wildman–Crippen MR) is 75.7 cm³/mol. The summed E-state index contributed by atoms with van der Waals surface area (Å²) in [7, 11) is -3.51. The monoisotopic (exact) mass is 302 g/mol. The van der Waals surface area contributed by atoms with E-state index in [4.69, 9.17) is 11.6 Å². The van der Waals surface area contributed by atoms with Crippen molar-refractivity contribution in [2.75, 3.05) is 0 Å². The van der Waals surface area contributed by atoms with Gasteiger partial charge < -0.3 is 0 Å². The fourth-order valence-corrected chi connectivity index (χ4v) is 3.93. The van der Waals surface area contributed by atoms with E-state index in [1.165, 1.54) is 37.7 Å². The van der Waals surface area contributed by atoms with Crippen molar-refractivity contribution in [1.82, 2.24) is 9.71 Å². The second-order valence-electron chi connectivity index (χ2n) is 5.00. The first-order chi connectivity index (χ1) is 9.08. The molecule has 0 amide bonds. The molecule has 4 nitrogen and oxygen atoms in total. The van der Waals surface area contributed by atoms with Gasteiger partial charge in [0.1, 0.15) is 4.90 Å². The van der Waals surface area contributed by atoms with Gasteiger partial charge in [-0.3, -0.25) is 4.98 Å². The van der Waals surface area contributed by atoms with Crippen molar-refractivity contribution in [3.05, 3.63) is 23.5 Å². The minimum Gasteiger partial charge on any atom is -0.262 e. The molecule has 0 aliphatic heterocycles. The minimum absolute atomic E-state index is 0.0317. The largest absolute Gasteiger partial charge is 0.262 e. The molecule has 1 aromatic rings. The van der Waals surface area contributed by atoms with Crippen molar-refractivity contribution in [3.8, 4) is 0 Å². The Balaban J connectivity index is 2.07. The molecule has 19 heavy (non-hydrogen) atoms. The van der Waals surface area contributed by atoms with Gasteiger partial charge >= 0.3 is 0 Å². The van der Waals surface area contributed by atoms with Crippen LogP contribution in [0.25, 0.3) is 0 Å². The molecule has 1 aliphatic rings. The number of aromatic nitrogens is 1. The fraction of sp³-hybridized carbons (Fsp3) is 0.615. The summed E-state index contributed by atoms with van der Waals surface area (Å²) in [5.74, 6) is 0. The van der Waals surface area contributed by atoms with Crippen molar-refractivity contribution in [3.63, 3.8) is 0 Å². The van der Waals surface area contributed by atoms with E-state index in [2.05, 4.69) is 9.71 Å². The summed E-state index contributed by atoms with van der Waals surface area (Å²) < 4.78 is 27.3. The lowest BCUT2D eigenvalue weighted by Crippen LogP contribution is -2.35. The van der Waals surface area contributed by atoms with Gasteiger partial charge in [0.25, 0.3) is 0 Å². The molecule has 1 N–H and O–H groups in total. The number of nitrogens with zero attached hydrogens (tertiary/aromatic N) is 1. The van der Waals surface area contributed by atoms with Crippen molar-refractivity contribution in [2.24, 2.45) is 0 Å². The Hall–Kier alpha value is -0.650. The molecule has 2 rings (SSSR count).